The third-order valence-corrected chi connectivity index (χ3v) is 2.97. The zero-order chi connectivity index (χ0) is 12.5. The molecule has 0 unspecified atom stereocenters. The number of halogens is 4. The van der Waals surface area contributed by atoms with Gasteiger partial charge >= 0.3 is 6.18 Å². The van der Waals surface area contributed by atoms with E-state index < -0.39 is 17.5 Å². The summed E-state index contributed by atoms with van der Waals surface area (Å²) < 4.78 is 51.2. The van der Waals surface area contributed by atoms with Crippen LogP contribution in [0.2, 0.25) is 0 Å². The zero-order valence-electron chi connectivity index (χ0n) is 9.02. The van der Waals surface area contributed by atoms with Crippen LogP contribution < -0.4 is 5.32 Å². The summed E-state index contributed by atoms with van der Waals surface area (Å²) in [6, 6.07) is 2.01. The Hall–Kier alpha value is -1.17. The molecule has 0 radical (unpaired) electrons. The van der Waals surface area contributed by atoms with E-state index in [1.807, 2.05) is 0 Å². The van der Waals surface area contributed by atoms with Gasteiger partial charge in [-0.15, -0.1) is 0 Å². The van der Waals surface area contributed by atoms with Gasteiger partial charge in [0.25, 0.3) is 0 Å². The van der Waals surface area contributed by atoms with Crippen LogP contribution in [-0.4, -0.2) is 18.1 Å². The van der Waals surface area contributed by atoms with Gasteiger partial charge in [-0.1, -0.05) is 6.07 Å². The van der Waals surface area contributed by atoms with E-state index in [0.29, 0.717) is 13.1 Å². The first kappa shape index (κ1) is 12.3. The molecule has 1 aromatic heterocycles. The first-order chi connectivity index (χ1) is 7.92. The maximum absolute atomic E-state index is 14.4. The molecule has 2 nitrogen and oxygen atoms in total. The Morgan fingerprint density at radius 1 is 1.18 bits per heavy atom. The predicted molar refractivity (Wildman–Crippen MR) is 54.1 cm³/mol. The normalized spacial score (nSPS) is 20.2. The molecule has 1 saturated heterocycles. The molecule has 0 aromatic carbocycles. The molecule has 0 amide bonds. The maximum atomic E-state index is 14.4. The standard InChI is InChI=1S/C11H12F4N2/c12-10(3-5-16-6-4-10)8-1-2-9(17-7-8)11(13,14)15/h1-2,7,16H,3-6H2. The van der Waals surface area contributed by atoms with Crippen LogP contribution in [0.3, 0.4) is 0 Å². The largest absolute Gasteiger partial charge is 0.433 e. The lowest BCUT2D eigenvalue weighted by molar-refractivity contribution is -0.141. The van der Waals surface area contributed by atoms with Crippen LogP contribution in [0.4, 0.5) is 17.6 Å². The summed E-state index contributed by atoms with van der Waals surface area (Å²) in [4.78, 5) is 3.28. The topological polar surface area (TPSA) is 24.9 Å². The fraction of sp³-hybridized carbons (Fsp3) is 0.545. The Kier molecular flexibility index (Phi) is 3.07. The molecule has 17 heavy (non-hydrogen) atoms. The van der Waals surface area contributed by atoms with E-state index in [9.17, 15) is 17.6 Å². The lowest BCUT2D eigenvalue weighted by atomic mass is 9.88. The second kappa shape index (κ2) is 4.25. The van der Waals surface area contributed by atoms with E-state index in [4.69, 9.17) is 0 Å². The van der Waals surface area contributed by atoms with Crippen molar-refractivity contribution in [2.75, 3.05) is 13.1 Å². The number of rotatable bonds is 1. The third kappa shape index (κ3) is 2.57. The summed E-state index contributed by atoms with van der Waals surface area (Å²) in [7, 11) is 0. The van der Waals surface area contributed by atoms with Gasteiger partial charge < -0.3 is 5.32 Å². The van der Waals surface area contributed by atoms with Gasteiger partial charge in [-0.05, 0) is 32.0 Å². The van der Waals surface area contributed by atoms with E-state index in [1.165, 1.54) is 6.07 Å². The van der Waals surface area contributed by atoms with E-state index >= 15 is 0 Å². The first-order valence-corrected chi connectivity index (χ1v) is 5.35. The molecule has 0 spiro atoms. The van der Waals surface area contributed by atoms with Crippen LogP contribution in [-0.2, 0) is 11.8 Å². The van der Waals surface area contributed by atoms with Crippen LogP contribution in [0.25, 0.3) is 0 Å². The molecule has 1 aliphatic heterocycles. The van der Waals surface area contributed by atoms with Crippen LogP contribution in [0.15, 0.2) is 18.3 Å². The fourth-order valence-electron chi connectivity index (χ4n) is 1.94. The van der Waals surface area contributed by atoms with Crippen molar-refractivity contribution in [2.45, 2.75) is 24.7 Å². The highest BCUT2D eigenvalue weighted by Gasteiger charge is 2.36. The number of nitrogens with one attached hydrogen (secondary N) is 1. The van der Waals surface area contributed by atoms with Crippen LogP contribution in [0, 0.1) is 0 Å². The molecule has 6 heteroatoms. The molecule has 1 aliphatic rings. The second-order valence-electron chi connectivity index (χ2n) is 4.15. The number of hydrogen-bond donors (Lipinski definition) is 1. The predicted octanol–water partition coefficient (Wildman–Crippen LogP) is 2.65. The fourth-order valence-corrected chi connectivity index (χ4v) is 1.94. The van der Waals surface area contributed by atoms with Crippen molar-refractivity contribution in [1.29, 1.82) is 0 Å². The summed E-state index contributed by atoms with van der Waals surface area (Å²) in [5.74, 6) is 0. The van der Waals surface area contributed by atoms with Crippen molar-refractivity contribution < 1.29 is 17.6 Å². The van der Waals surface area contributed by atoms with Gasteiger partial charge in [0.2, 0.25) is 0 Å². The SMILES string of the molecule is FC(F)(F)c1ccc(C2(F)CCNCC2)cn1. The quantitative estimate of drug-likeness (QED) is 0.773. The summed E-state index contributed by atoms with van der Waals surface area (Å²) in [5.41, 5.74) is -2.31. The highest BCUT2D eigenvalue weighted by molar-refractivity contribution is 5.23. The number of nitrogens with zero attached hydrogens (tertiary/aromatic N) is 1. The average molecular weight is 248 g/mol. The minimum Gasteiger partial charge on any atom is -0.316 e. The number of piperidine rings is 1. The summed E-state index contributed by atoms with van der Waals surface area (Å²) in [6.45, 7) is 1.05. The van der Waals surface area contributed by atoms with Gasteiger partial charge in [0.15, 0.2) is 0 Å². The molecule has 94 valence electrons. The van der Waals surface area contributed by atoms with Gasteiger partial charge in [0.1, 0.15) is 11.4 Å². The molecule has 1 N–H and O–H groups in total. The molecule has 0 bridgehead atoms. The maximum Gasteiger partial charge on any atom is 0.433 e. The van der Waals surface area contributed by atoms with Crippen LogP contribution >= 0.6 is 0 Å². The molecule has 1 fully saturated rings. The highest BCUT2D eigenvalue weighted by Crippen LogP contribution is 2.35. The Labute approximate surface area is 96.0 Å². The minimum absolute atomic E-state index is 0.229. The number of hydrogen-bond acceptors (Lipinski definition) is 2. The smallest absolute Gasteiger partial charge is 0.316 e. The third-order valence-electron chi connectivity index (χ3n) is 2.97. The van der Waals surface area contributed by atoms with Gasteiger partial charge in [0.05, 0.1) is 0 Å². The van der Waals surface area contributed by atoms with Crippen molar-refractivity contribution in [1.82, 2.24) is 10.3 Å². The van der Waals surface area contributed by atoms with E-state index in [2.05, 4.69) is 10.3 Å². The molecule has 2 rings (SSSR count). The summed E-state index contributed by atoms with van der Waals surface area (Å²) in [5, 5.41) is 3.00. The molecule has 1 aromatic rings. The minimum atomic E-state index is -4.48. The number of pyridine rings is 1. The van der Waals surface area contributed by atoms with Crippen LogP contribution in [0.5, 0.6) is 0 Å². The highest BCUT2D eigenvalue weighted by atomic mass is 19.4. The average Bonchev–Trinajstić information content (AvgIpc) is 2.29. The molecular weight excluding hydrogens is 236 g/mol. The molecule has 2 heterocycles. The zero-order valence-corrected chi connectivity index (χ0v) is 9.02. The Morgan fingerprint density at radius 2 is 1.82 bits per heavy atom. The van der Waals surface area contributed by atoms with Crippen LogP contribution in [0.1, 0.15) is 24.1 Å². The van der Waals surface area contributed by atoms with Crippen molar-refractivity contribution in [3.05, 3.63) is 29.6 Å². The number of aromatic nitrogens is 1. The van der Waals surface area contributed by atoms with Crippen molar-refractivity contribution in [3.63, 3.8) is 0 Å². The van der Waals surface area contributed by atoms with Gasteiger partial charge in [-0.25, -0.2) is 4.39 Å². The number of alkyl halides is 4. The molecule has 0 aliphatic carbocycles. The Bertz CT molecular complexity index is 379. The lowest BCUT2D eigenvalue weighted by Crippen LogP contribution is -2.36. The van der Waals surface area contributed by atoms with Crippen molar-refractivity contribution in [3.8, 4) is 0 Å². The van der Waals surface area contributed by atoms with E-state index in [0.717, 1.165) is 12.3 Å². The summed E-state index contributed by atoms with van der Waals surface area (Å²) >= 11 is 0. The summed E-state index contributed by atoms with van der Waals surface area (Å²) in [6.07, 6.45) is -2.95. The Morgan fingerprint density at radius 3 is 2.29 bits per heavy atom. The first-order valence-electron chi connectivity index (χ1n) is 5.35. The monoisotopic (exact) mass is 248 g/mol. The van der Waals surface area contributed by atoms with Gasteiger partial charge in [0, 0.05) is 11.8 Å². The lowest BCUT2D eigenvalue weighted by Gasteiger charge is -2.30. The van der Waals surface area contributed by atoms with Crippen molar-refractivity contribution >= 4 is 0 Å². The molecule has 0 atom stereocenters. The van der Waals surface area contributed by atoms with Gasteiger partial charge in [-0.2, -0.15) is 13.2 Å². The van der Waals surface area contributed by atoms with Crippen molar-refractivity contribution in [2.24, 2.45) is 0 Å². The molecular formula is C11H12F4N2. The van der Waals surface area contributed by atoms with E-state index in [-0.39, 0.29) is 18.4 Å². The van der Waals surface area contributed by atoms with Gasteiger partial charge in [-0.3, -0.25) is 4.98 Å². The van der Waals surface area contributed by atoms with E-state index in [1.54, 1.807) is 0 Å². The second-order valence-corrected chi connectivity index (χ2v) is 4.15. The molecule has 0 saturated carbocycles. The Balaban J connectivity index is 2.23.